The van der Waals surface area contributed by atoms with Crippen LogP contribution in [0.15, 0.2) is 58.3 Å². The van der Waals surface area contributed by atoms with Crippen molar-refractivity contribution in [2.75, 3.05) is 11.1 Å². The Morgan fingerprint density at radius 1 is 1.18 bits per heavy atom. The number of anilines is 1. The van der Waals surface area contributed by atoms with Gasteiger partial charge in [-0.25, -0.2) is 8.42 Å². The monoisotopic (exact) mass is 418 g/mol. The van der Waals surface area contributed by atoms with Crippen LogP contribution in [0.1, 0.15) is 25.3 Å². The molecule has 0 saturated carbocycles. The highest BCUT2D eigenvalue weighted by Gasteiger charge is 2.27. The van der Waals surface area contributed by atoms with E-state index in [0.29, 0.717) is 18.7 Å². The summed E-state index contributed by atoms with van der Waals surface area (Å²) < 4.78 is 25.2. The first-order chi connectivity index (χ1) is 13.4. The van der Waals surface area contributed by atoms with Gasteiger partial charge in [0.1, 0.15) is 0 Å². The minimum Gasteiger partial charge on any atom is -0.352 e. The normalized spacial score (nSPS) is 16.2. The first kappa shape index (κ1) is 20.4. The van der Waals surface area contributed by atoms with Crippen LogP contribution >= 0.6 is 11.8 Å². The topological polar surface area (TPSA) is 92.3 Å². The summed E-state index contributed by atoms with van der Waals surface area (Å²) in [5.74, 6) is -0.722. The van der Waals surface area contributed by atoms with Gasteiger partial charge in [0.2, 0.25) is 11.8 Å². The Labute approximate surface area is 169 Å². The van der Waals surface area contributed by atoms with Gasteiger partial charge in [0, 0.05) is 17.9 Å². The Bertz CT molecular complexity index is 975. The number of carbonyl (C=O) groups excluding carboxylic acids is 2. The highest BCUT2D eigenvalue weighted by atomic mass is 32.2. The molecular weight excluding hydrogens is 396 g/mol. The second-order valence-electron chi connectivity index (χ2n) is 6.49. The molecule has 0 aliphatic carbocycles. The molecule has 8 heteroatoms. The van der Waals surface area contributed by atoms with Crippen molar-refractivity contribution in [3.05, 3.63) is 54.1 Å². The number of hydrogen-bond acceptors (Lipinski definition) is 5. The van der Waals surface area contributed by atoms with Crippen molar-refractivity contribution in [1.82, 2.24) is 5.32 Å². The summed E-state index contributed by atoms with van der Waals surface area (Å²) in [5.41, 5.74) is 1.46. The maximum Gasteiger partial charge on any atom is 0.237 e. The van der Waals surface area contributed by atoms with Gasteiger partial charge >= 0.3 is 0 Å². The van der Waals surface area contributed by atoms with Crippen LogP contribution in [0.4, 0.5) is 5.69 Å². The van der Waals surface area contributed by atoms with Gasteiger partial charge in [-0.05, 0) is 30.2 Å². The second-order valence-corrected chi connectivity index (χ2v) is 9.85. The molecule has 2 amide bonds. The predicted octanol–water partition coefficient (Wildman–Crippen LogP) is 2.99. The summed E-state index contributed by atoms with van der Waals surface area (Å²) in [5, 5.41) is 5.34. The zero-order valence-corrected chi connectivity index (χ0v) is 17.1. The largest absolute Gasteiger partial charge is 0.352 e. The third-order valence-corrected chi connectivity index (χ3v) is 7.59. The first-order valence-electron chi connectivity index (χ1n) is 9.04. The van der Waals surface area contributed by atoms with Crippen LogP contribution < -0.4 is 10.6 Å². The SMILES string of the molecule is CC[C@H]1Sc2ccc(S(=O)(=O)CCC(=O)NCc3ccccc3)cc2NC1=O. The zero-order chi connectivity index (χ0) is 20.1. The van der Waals surface area contributed by atoms with Crippen LogP contribution in [-0.2, 0) is 26.0 Å². The highest BCUT2D eigenvalue weighted by molar-refractivity contribution is 8.01. The molecule has 1 aliphatic heterocycles. The van der Waals surface area contributed by atoms with Crippen LogP contribution in [0.2, 0.25) is 0 Å². The minimum absolute atomic E-state index is 0.109. The molecular formula is C20H22N2O4S2. The van der Waals surface area contributed by atoms with E-state index in [1.807, 2.05) is 37.3 Å². The zero-order valence-electron chi connectivity index (χ0n) is 15.5. The van der Waals surface area contributed by atoms with Crippen molar-refractivity contribution in [3.8, 4) is 0 Å². The van der Waals surface area contributed by atoms with E-state index < -0.39 is 9.84 Å². The van der Waals surface area contributed by atoms with E-state index in [4.69, 9.17) is 0 Å². The number of benzene rings is 2. The Morgan fingerprint density at radius 2 is 1.93 bits per heavy atom. The predicted molar refractivity (Wildman–Crippen MR) is 110 cm³/mol. The molecule has 0 unspecified atom stereocenters. The lowest BCUT2D eigenvalue weighted by Gasteiger charge is -2.23. The van der Waals surface area contributed by atoms with Gasteiger partial charge in [-0.3, -0.25) is 9.59 Å². The van der Waals surface area contributed by atoms with E-state index in [2.05, 4.69) is 10.6 Å². The molecule has 1 aliphatic rings. The molecule has 1 atom stereocenters. The van der Waals surface area contributed by atoms with Crippen LogP contribution in [0.25, 0.3) is 0 Å². The molecule has 0 fully saturated rings. The first-order valence-corrected chi connectivity index (χ1v) is 11.6. The van der Waals surface area contributed by atoms with Gasteiger partial charge < -0.3 is 10.6 Å². The number of carbonyl (C=O) groups is 2. The van der Waals surface area contributed by atoms with Crippen LogP contribution in [0.5, 0.6) is 0 Å². The number of sulfone groups is 1. The van der Waals surface area contributed by atoms with E-state index in [1.165, 1.54) is 23.9 Å². The summed E-state index contributed by atoms with van der Waals surface area (Å²) in [6.45, 7) is 2.30. The van der Waals surface area contributed by atoms with E-state index >= 15 is 0 Å². The maximum absolute atomic E-state index is 12.6. The number of hydrogen-bond donors (Lipinski definition) is 2. The number of thioether (sulfide) groups is 1. The Hall–Kier alpha value is -2.32. The quantitative estimate of drug-likeness (QED) is 0.721. The summed E-state index contributed by atoms with van der Waals surface area (Å²) in [4.78, 5) is 25.0. The lowest BCUT2D eigenvalue weighted by Crippen LogP contribution is -2.28. The lowest BCUT2D eigenvalue weighted by atomic mass is 10.2. The van der Waals surface area contributed by atoms with Gasteiger partial charge in [-0.1, -0.05) is 37.3 Å². The Balaban J connectivity index is 1.61. The molecule has 0 spiro atoms. The van der Waals surface area contributed by atoms with Crippen LogP contribution in [-0.4, -0.2) is 31.2 Å². The fourth-order valence-electron chi connectivity index (χ4n) is 2.82. The Kier molecular flexibility index (Phi) is 6.41. The molecule has 0 aromatic heterocycles. The van der Waals surface area contributed by atoms with E-state index in [1.54, 1.807) is 6.07 Å². The van der Waals surface area contributed by atoms with Gasteiger partial charge in [0.25, 0.3) is 0 Å². The van der Waals surface area contributed by atoms with Crippen molar-refractivity contribution < 1.29 is 18.0 Å². The molecule has 2 N–H and O–H groups in total. The molecule has 148 valence electrons. The van der Waals surface area contributed by atoms with Crippen molar-refractivity contribution in [3.63, 3.8) is 0 Å². The highest BCUT2D eigenvalue weighted by Crippen LogP contribution is 2.38. The Morgan fingerprint density at radius 3 is 2.64 bits per heavy atom. The third kappa shape index (κ3) is 4.94. The number of rotatable bonds is 7. The summed E-state index contributed by atoms with van der Waals surface area (Å²) in [6.07, 6.45) is 0.583. The fraction of sp³-hybridized carbons (Fsp3) is 0.300. The van der Waals surface area contributed by atoms with Crippen molar-refractivity contribution in [2.45, 2.75) is 41.4 Å². The average Bonchev–Trinajstić information content (AvgIpc) is 2.70. The molecule has 28 heavy (non-hydrogen) atoms. The smallest absolute Gasteiger partial charge is 0.237 e. The van der Waals surface area contributed by atoms with Crippen LogP contribution in [0, 0.1) is 0 Å². The van der Waals surface area contributed by atoms with Crippen molar-refractivity contribution in [2.24, 2.45) is 0 Å². The number of fused-ring (bicyclic) bond motifs is 1. The second kappa shape index (κ2) is 8.79. The van der Waals surface area contributed by atoms with Gasteiger partial charge in [-0.15, -0.1) is 11.8 Å². The summed E-state index contributed by atoms with van der Waals surface area (Å²) in [7, 11) is -3.63. The number of nitrogens with one attached hydrogen (secondary N) is 2. The molecule has 2 aromatic carbocycles. The van der Waals surface area contributed by atoms with Gasteiger partial charge in [-0.2, -0.15) is 0 Å². The third-order valence-electron chi connectivity index (χ3n) is 4.43. The number of amides is 2. The van der Waals surface area contributed by atoms with E-state index in [-0.39, 0.29) is 34.1 Å². The van der Waals surface area contributed by atoms with Crippen LogP contribution in [0.3, 0.4) is 0 Å². The molecule has 0 bridgehead atoms. The molecule has 6 nitrogen and oxygen atoms in total. The average molecular weight is 419 g/mol. The molecule has 0 saturated heterocycles. The lowest BCUT2D eigenvalue weighted by molar-refractivity contribution is -0.121. The molecule has 2 aromatic rings. The van der Waals surface area contributed by atoms with E-state index in [9.17, 15) is 18.0 Å². The standard InChI is InChI=1S/C20H22N2O4S2/c1-2-17-20(24)22-16-12-15(8-9-18(16)27-17)28(25,26)11-10-19(23)21-13-14-6-4-3-5-7-14/h3-9,12,17H,2,10-11,13H2,1H3,(H,21,23)(H,22,24)/t17-/m1/s1. The summed E-state index contributed by atoms with van der Waals surface area (Å²) in [6, 6.07) is 14.1. The van der Waals surface area contributed by atoms with E-state index in [0.717, 1.165) is 10.5 Å². The summed E-state index contributed by atoms with van der Waals surface area (Å²) >= 11 is 1.44. The van der Waals surface area contributed by atoms with Gasteiger partial charge in [0.05, 0.1) is 21.6 Å². The molecule has 0 radical (unpaired) electrons. The van der Waals surface area contributed by atoms with Gasteiger partial charge in [0.15, 0.2) is 9.84 Å². The van der Waals surface area contributed by atoms with Crippen molar-refractivity contribution in [1.29, 1.82) is 0 Å². The minimum atomic E-state index is -3.63. The maximum atomic E-state index is 12.6. The molecule has 1 heterocycles. The molecule has 3 rings (SSSR count). The van der Waals surface area contributed by atoms with Crippen molar-refractivity contribution >= 4 is 39.1 Å². The fourth-order valence-corrected chi connectivity index (χ4v) is 5.11.